The number of nitrogens with zero attached hydrogens (tertiary/aromatic N) is 1. The second-order valence-corrected chi connectivity index (χ2v) is 9.47. The second-order valence-electron chi connectivity index (χ2n) is 9.47. The Balaban J connectivity index is 1.62. The van der Waals surface area contributed by atoms with Crippen LogP contribution in [0.15, 0.2) is 36.4 Å². The number of nitrogens with one attached hydrogen (secondary N) is 1. The lowest BCUT2D eigenvalue weighted by atomic mass is 9.92. The van der Waals surface area contributed by atoms with E-state index in [1.165, 1.54) is 34.9 Å². The van der Waals surface area contributed by atoms with Crippen LogP contribution in [-0.2, 0) is 16.8 Å². The molecular weight excluding hydrogens is 493 g/mol. The molecule has 0 spiro atoms. The lowest BCUT2D eigenvalue weighted by Crippen LogP contribution is -2.31. The van der Waals surface area contributed by atoms with Crippen LogP contribution < -0.4 is 14.8 Å². The van der Waals surface area contributed by atoms with Gasteiger partial charge in [0, 0.05) is 22.4 Å². The van der Waals surface area contributed by atoms with Crippen molar-refractivity contribution in [1.82, 2.24) is 4.57 Å². The zero-order valence-corrected chi connectivity index (χ0v) is 20.0. The van der Waals surface area contributed by atoms with E-state index in [4.69, 9.17) is 4.74 Å². The van der Waals surface area contributed by atoms with Crippen molar-refractivity contribution in [3.05, 3.63) is 53.3 Å². The van der Waals surface area contributed by atoms with E-state index in [9.17, 15) is 28.9 Å². The number of halogens is 3. The third-order valence-electron chi connectivity index (χ3n) is 7.16. The molecule has 2 aliphatic rings. The Bertz CT molecular complexity index is 1350. The minimum Gasteiger partial charge on any atom is -0.396 e. The zero-order chi connectivity index (χ0) is 26.5. The van der Waals surface area contributed by atoms with Gasteiger partial charge in [-0.15, -0.1) is 8.78 Å². The first-order valence-corrected chi connectivity index (χ1v) is 12.1. The zero-order valence-electron chi connectivity index (χ0n) is 20.0. The van der Waals surface area contributed by atoms with Gasteiger partial charge in [-0.1, -0.05) is 25.1 Å². The normalized spacial score (nSPS) is 18.6. The Labute approximate surface area is 210 Å². The van der Waals surface area contributed by atoms with Crippen molar-refractivity contribution in [1.29, 1.82) is 0 Å². The Morgan fingerprint density at radius 2 is 1.86 bits per heavy atom. The van der Waals surface area contributed by atoms with Crippen LogP contribution in [0.3, 0.4) is 0 Å². The maximum atomic E-state index is 15.1. The predicted octanol–water partition coefficient (Wildman–Crippen LogP) is 3.61. The maximum Gasteiger partial charge on any atom is 0.586 e. The third kappa shape index (κ3) is 4.20. The van der Waals surface area contributed by atoms with E-state index < -0.39 is 42.1 Å². The minimum atomic E-state index is -3.85. The van der Waals surface area contributed by atoms with Gasteiger partial charge in [0.15, 0.2) is 11.5 Å². The molecule has 0 radical (unpaired) electrons. The summed E-state index contributed by atoms with van der Waals surface area (Å²) in [5, 5.41) is 32.8. The molecule has 1 fully saturated rings. The number of benzene rings is 2. The molecule has 2 atom stereocenters. The summed E-state index contributed by atoms with van der Waals surface area (Å²) in [5.74, 6) is -1.85. The van der Waals surface area contributed by atoms with E-state index in [2.05, 4.69) is 10.1 Å². The van der Waals surface area contributed by atoms with Gasteiger partial charge in [-0.2, -0.15) is 0 Å². The highest BCUT2D eigenvalue weighted by Gasteiger charge is 2.56. The van der Waals surface area contributed by atoms with Crippen LogP contribution >= 0.6 is 0 Å². The standard InChI is InChI=1S/C26H27F3N2O6/c1-2-14(12-32)20-21-17(27)6-4-7-18(21)31(11-15(34)13-33)23(20)30-24(35)25(9-10-25)16-5-3-8-19-22(16)37-26(28,29)36-19/h3-8,14-15,32-34H,2,9-13H2,1H3,(H,30,35)/t14-,15?/m0/s1. The SMILES string of the molecule is CC[C@@H](CO)c1c(NC(=O)C2(c3cccc4c3OC(F)(F)O4)CC2)n(CC(O)CO)c2cccc(F)c12. The summed E-state index contributed by atoms with van der Waals surface area (Å²) >= 11 is 0. The lowest BCUT2D eigenvalue weighted by Gasteiger charge is -2.22. The van der Waals surface area contributed by atoms with Crippen molar-refractivity contribution in [2.45, 2.75) is 56.5 Å². The number of hydrogen-bond acceptors (Lipinski definition) is 6. The number of ether oxygens (including phenoxy) is 2. The first kappa shape index (κ1) is 25.4. The Morgan fingerprint density at radius 1 is 1.14 bits per heavy atom. The summed E-state index contributed by atoms with van der Waals surface area (Å²) in [6.07, 6.45) is -3.93. The number of rotatable bonds is 9. The van der Waals surface area contributed by atoms with Crippen LogP contribution in [0.5, 0.6) is 11.5 Å². The van der Waals surface area contributed by atoms with Crippen LogP contribution in [0.1, 0.15) is 43.2 Å². The summed E-state index contributed by atoms with van der Waals surface area (Å²) in [6.45, 7) is 0.755. The van der Waals surface area contributed by atoms with Crippen molar-refractivity contribution < 1.29 is 42.8 Å². The summed E-state index contributed by atoms with van der Waals surface area (Å²) in [4.78, 5) is 13.8. The van der Waals surface area contributed by atoms with Gasteiger partial charge < -0.3 is 34.7 Å². The Kier molecular flexibility index (Phi) is 6.33. The monoisotopic (exact) mass is 520 g/mol. The number of carbonyl (C=O) groups excluding carboxylic acids is 1. The predicted molar refractivity (Wildman–Crippen MR) is 127 cm³/mol. The first-order valence-electron chi connectivity index (χ1n) is 12.1. The number of aliphatic hydroxyl groups excluding tert-OH is 3. The molecule has 4 N–H and O–H groups in total. The fourth-order valence-corrected chi connectivity index (χ4v) is 5.12. The van der Waals surface area contributed by atoms with E-state index in [1.807, 2.05) is 6.92 Å². The van der Waals surface area contributed by atoms with Gasteiger partial charge in [0.1, 0.15) is 11.6 Å². The summed E-state index contributed by atoms with van der Waals surface area (Å²) in [6, 6.07) is 8.74. The number of anilines is 1. The molecule has 0 saturated heterocycles. The number of amides is 1. The highest BCUT2D eigenvalue weighted by atomic mass is 19.3. The highest BCUT2D eigenvalue weighted by molar-refractivity contribution is 6.05. The van der Waals surface area contributed by atoms with Crippen LogP contribution in [-0.4, -0.2) is 51.4 Å². The molecule has 8 nitrogen and oxygen atoms in total. The fraction of sp³-hybridized carbons (Fsp3) is 0.423. The number of para-hydroxylation sites is 1. The summed E-state index contributed by atoms with van der Waals surface area (Å²) in [5.41, 5.74) is -0.217. The molecule has 0 bridgehead atoms. The molecular formula is C26H27F3N2O6. The van der Waals surface area contributed by atoms with Gasteiger partial charge in [-0.25, -0.2) is 4.39 Å². The quantitative estimate of drug-likeness (QED) is 0.343. The number of fused-ring (bicyclic) bond motifs is 2. The van der Waals surface area contributed by atoms with E-state index in [0.717, 1.165) is 0 Å². The number of aromatic nitrogens is 1. The molecule has 1 aliphatic heterocycles. The number of aliphatic hydroxyl groups is 3. The molecule has 3 aromatic rings. The molecule has 1 saturated carbocycles. The first-order chi connectivity index (χ1) is 17.7. The molecule has 1 unspecified atom stereocenters. The fourth-order valence-electron chi connectivity index (χ4n) is 5.12. The Hall–Kier alpha value is -3.28. The van der Waals surface area contributed by atoms with Crippen LogP contribution in [0.25, 0.3) is 10.9 Å². The van der Waals surface area contributed by atoms with Crippen molar-refractivity contribution in [2.75, 3.05) is 18.5 Å². The van der Waals surface area contributed by atoms with Gasteiger partial charge in [-0.05, 0) is 37.5 Å². The summed E-state index contributed by atoms with van der Waals surface area (Å²) < 4.78 is 53.5. The topological polar surface area (TPSA) is 113 Å². The average molecular weight is 521 g/mol. The average Bonchev–Trinajstić information content (AvgIpc) is 3.53. The van der Waals surface area contributed by atoms with Gasteiger partial charge >= 0.3 is 6.29 Å². The number of alkyl halides is 2. The van der Waals surface area contributed by atoms with Crippen LogP contribution in [0.2, 0.25) is 0 Å². The molecule has 37 heavy (non-hydrogen) atoms. The number of hydrogen-bond donors (Lipinski definition) is 4. The molecule has 1 aliphatic carbocycles. The second kappa shape index (κ2) is 9.23. The highest BCUT2D eigenvalue weighted by Crippen LogP contribution is 2.57. The molecule has 1 aromatic heterocycles. The molecule has 5 rings (SSSR count). The molecule has 1 amide bonds. The van der Waals surface area contributed by atoms with Crippen molar-refractivity contribution in [3.63, 3.8) is 0 Å². The largest absolute Gasteiger partial charge is 0.586 e. The van der Waals surface area contributed by atoms with Gasteiger partial charge in [0.25, 0.3) is 0 Å². The molecule has 2 aromatic carbocycles. The van der Waals surface area contributed by atoms with E-state index >= 15 is 4.39 Å². The van der Waals surface area contributed by atoms with Crippen LogP contribution in [0.4, 0.5) is 19.0 Å². The Morgan fingerprint density at radius 3 is 2.51 bits per heavy atom. The van der Waals surface area contributed by atoms with Gasteiger partial charge in [0.05, 0.1) is 36.8 Å². The third-order valence-corrected chi connectivity index (χ3v) is 7.16. The van der Waals surface area contributed by atoms with Crippen molar-refractivity contribution in [3.8, 4) is 11.5 Å². The van der Waals surface area contributed by atoms with Crippen molar-refractivity contribution >= 4 is 22.6 Å². The molecule has 11 heteroatoms. The lowest BCUT2D eigenvalue weighted by molar-refractivity contribution is -0.287. The van der Waals surface area contributed by atoms with E-state index in [1.54, 1.807) is 6.07 Å². The van der Waals surface area contributed by atoms with Gasteiger partial charge in [0.2, 0.25) is 5.91 Å². The summed E-state index contributed by atoms with van der Waals surface area (Å²) in [7, 11) is 0. The smallest absolute Gasteiger partial charge is 0.396 e. The molecule has 198 valence electrons. The van der Waals surface area contributed by atoms with Gasteiger partial charge in [-0.3, -0.25) is 4.79 Å². The molecule has 2 heterocycles. The number of carbonyl (C=O) groups is 1. The van der Waals surface area contributed by atoms with Crippen LogP contribution in [0, 0.1) is 5.82 Å². The maximum absolute atomic E-state index is 15.1. The van der Waals surface area contributed by atoms with E-state index in [0.29, 0.717) is 30.3 Å². The minimum absolute atomic E-state index is 0.162. The van der Waals surface area contributed by atoms with Crippen molar-refractivity contribution in [2.24, 2.45) is 0 Å². The van der Waals surface area contributed by atoms with E-state index in [-0.39, 0.29) is 41.4 Å².